The van der Waals surface area contributed by atoms with Gasteiger partial charge in [-0.25, -0.2) is 14.0 Å². The minimum Gasteiger partial charge on any atom is -0.480 e. The van der Waals surface area contributed by atoms with Crippen LogP contribution in [0.5, 0.6) is 0 Å². The Kier molecular flexibility index (Phi) is 8.41. The summed E-state index contributed by atoms with van der Waals surface area (Å²) in [5.41, 5.74) is 0.852. The molecule has 0 saturated carbocycles. The smallest absolute Gasteiger partial charge is 0.408 e. The summed E-state index contributed by atoms with van der Waals surface area (Å²) >= 11 is 1.27. The summed E-state index contributed by atoms with van der Waals surface area (Å²) in [4.78, 5) is 33.2. The zero-order valence-corrected chi connectivity index (χ0v) is 16.1. The number of nitrogens with zero attached hydrogens (tertiary/aromatic N) is 1. The number of carboxylic acids is 1. The molecule has 10 heteroatoms. The first-order chi connectivity index (χ1) is 13.8. The maximum absolute atomic E-state index is 13.4. The van der Waals surface area contributed by atoms with Crippen LogP contribution >= 0.6 is 11.8 Å². The number of non-ortho nitro benzene ring substituents is 1. The number of nitrogens with one attached hydrogen (secondary N) is 1. The molecule has 2 N–H and O–H groups in total. The Morgan fingerprint density at radius 2 is 1.93 bits per heavy atom. The molecular formula is C19H19FN2O6S. The second-order valence-electron chi connectivity index (χ2n) is 6.01. The SMILES string of the molecule is O=C(NC(CCSCc1cc(F)cc([N+](=O)[O-])c1)C(=O)O)OCc1ccccc1. The molecule has 0 heterocycles. The van der Waals surface area contributed by atoms with Gasteiger partial charge in [-0.3, -0.25) is 10.1 Å². The number of aliphatic carboxylic acids is 1. The van der Waals surface area contributed by atoms with Crippen molar-refractivity contribution in [2.75, 3.05) is 5.75 Å². The Labute approximate surface area is 170 Å². The van der Waals surface area contributed by atoms with Crippen molar-refractivity contribution in [3.8, 4) is 0 Å². The first-order valence-electron chi connectivity index (χ1n) is 8.57. The molecule has 0 bridgehead atoms. The lowest BCUT2D eigenvalue weighted by molar-refractivity contribution is -0.385. The Morgan fingerprint density at radius 3 is 2.59 bits per heavy atom. The van der Waals surface area contributed by atoms with Gasteiger partial charge in [0.15, 0.2) is 0 Å². The van der Waals surface area contributed by atoms with Crippen molar-refractivity contribution in [1.29, 1.82) is 0 Å². The Bertz CT molecular complexity index is 865. The number of nitro benzene ring substituents is 1. The molecular weight excluding hydrogens is 403 g/mol. The lowest BCUT2D eigenvalue weighted by Gasteiger charge is -2.14. The molecule has 0 aromatic heterocycles. The molecule has 2 rings (SSSR count). The number of carbonyl (C=O) groups excluding carboxylic acids is 1. The van der Waals surface area contributed by atoms with Gasteiger partial charge in [-0.05, 0) is 29.4 Å². The highest BCUT2D eigenvalue weighted by Crippen LogP contribution is 2.21. The molecule has 2 aromatic carbocycles. The van der Waals surface area contributed by atoms with E-state index in [1.165, 1.54) is 23.9 Å². The van der Waals surface area contributed by atoms with Crippen molar-refractivity contribution in [3.63, 3.8) is 0 Å². The molecule has 1 atom stereocenters. The fourth-order valence-corrected chi connectivity index (χ4v) is 3.33. The zero-order chi connectivity index (χ0) is 21.2. The molecule has 29 heavy (non-hydrogen) atoms. The molecule has 154 valence electrons. The number of rotatable bonds is 10. The Hall–Kier alpha value is -3.14. The molecule has 1 amide bonds. The van der Waals surface area contributed by atoms with E-state index in [4.69, 9.17) is 4.74 Å². The molecule has 0 saturated heterocycles. The summed E-state index contributed by atoms with van der Waals surface area (Å²) < 4.78 is 18.4. The van der Waals surface area contributed by atoms with E-state index in [0.29, 0.717) is 11.3 Å². The van der Waals surface area contributed by atoms with Gasteiger partial charge in [0.05, 0.1) is 11.0 Å². The third-order valence-electron chi connectivity index (χ3n) is 3.78. The van der Waals surface area contributed by atoms with Crippen LogP contribution in [0.1, 0.15) is 17.5 Å². The van der Waals surface area contributed by atoms with Gasteiger partial charge in [-0.2, -0.15) is 11.8 Å². The van der Waals surface area contributed by atoms with Crippen molar-refractivity contribution in [1.82, 2.24) is 5.32 Å². The number of carboxylic acid groups (broad SMARTS) is 1. The lowest BCUT2D eigenvalue weighted by Crippen LogP contribution is -2.41. The summed E-state index contributed by atoms with van der Waals surface area (Å²) in [5.74, 6) is -1.31. The molecule has 2 aromatic rings. The average Bonchev–Trinajstić information content (AvgIpc) is 2.69. The maximum atomic E-state index is 13.4. The monoisotopic (exact) mass is 422 g/mol. The van der Waals surface area contributed by atoms with Crippen LogP contribution in [0.4, 0.5) is 14.9 Å². The highest BCUT2D eigenvalue weighted by molar-refractivity contribution is 7.98. The summed E-state index contributed by atoms with van der Waals surface area (Å²) in [7, 11) is 0. The van der Waals surface area contributed by atoms with E-state index < -0.39 is 28.8 Å². The molecule has 0 radical (unpaired) electrons. The zero-order valence-electron chi connectivity index (χ0n) is 15.2. The van der Waals surface area contributed by atoms with Crippen LogP contribution in [-0.4, -0.2) is 33.9 Å². The van der Waals surface area contributed by atoms with Crippen molar-refractivity contribution in [3.05, 3.63) is 75.6 Å². The lowest BCUT2D eigenvalue weighted by atomic mass is 10.2. The van der Waals surface area contributed by atoms with E-state index >= 15 is 0 Å². The average molecular weight is 422 g/mol. The number of halogens is 1. The van der Waals surface area contributed by atoms with Crippen LogP contribution in [0.15, 0.2) is 48.5 Å². The van der Waals surface area contributed by atoms with Crippen molar-refractivity contribution in [2.45, 2.75) is 24.8 Å². The third kappa shape index (κ3) is 7.78. The number of carbonyl (C=O) groups is 2. The van der Waals surface area contributed by atoms with Gasteiger partial charge in [0.1, 0.15) is 18.5 Å². The van der Waals surface area contributed by atoms with Crippen LogP contribution < -0.4 is 5.32 Å². The quantitative estimate of drug-likeness (QED) is 0.340. The van der Waals surface area contributed by atoms with Gasteiger partial charge in [-0.1, -0.05) is 30.3 Å². The van der Waals surface area contributed by atoms with Gasteiger partial charge in [0.25, 0.3) is 5.69 Å². The topological polar surface area (TPSA) is 119 Å². The first kappa shape index (κ1) is 22.2. The Balaban J connectivity index is 1.78. The maximum Gasteiger partial charge on any atom is 0.408 e. The predicted molar refractivity (Wildman–Crippen MR) is 105 cm³/mol. The van der Waals surface area contributed by atoms with Gasteiger partial charge in [0, 0.05) is 11.8 Å². The summed E-state index contributed by atoms with van der Waals surface area (Å²) in [6.07, 6.45) is -0.732. The largest absolute Gasteiger partial charge is 0.480 e. The number of alkyl carbamates (subject to hydrolysis) is 1. The standard InChI is InChI=1S/C19H19FN2O6S/c20-15-8-14(9-16(10-15)22(26)27)12-29-7-6-17(18(23)24)21-19(25)28-11-13-4-2-1-3-5-13/h1-5,8-10,17H,6-7,11-12H2,(H,21,25)(H,23,24). The predicted octanol–water partition coefficient (Wildman–Crippen LogP) is 3.74. The van der Waals surface area contributed by atoms with Crippen LogP contribution in [-0.2, 0) is 21.9 Å². The molecule has 0 spiro atoms. The van der Waals surface area contributed by atoms with E-state index in [9.17, 15) is 29.2 Å². The number of amides is 1. The first-order valence-corrected chi connectivity index (χ1v) is 9.72. The van der Waals surface area contributed by atoms with E-state index in [1.807, 2.05) is 6.07 Å². The van der Waals surface area contributed by atoms with Crippen LogP contribution in [0.3, 0.4) is 0 Å². The molecule has 0 aliphatic carbocycles. The molecule has 0 aliphatic heterocycles. The Morgan fingerprint density at radius 1 is 1.21 bits per heavy atom. The third-order valence-corrected chi connectivity index (χ3v) is 4.84. The number of nitro groups is 1. The summed E-state index contributed by atoms with van der Waals surface area (Å²) in [5, 5.41) is 22.3. The second-order valence-corrected chi connectivity index (χ2v) is 7.12. The van der Waals surface area contributed by atoms with Gasteiger partial charge >= 0.3 is 12.1 Å². The molecule has 0 fully saturated rings. The van der Waals surface area contributed by atoms with E-state index in [1.54, 1.807) is 24.3 Å². The second kappa shape index (κ2) is 11.0. The van der Waals surface area contributed by atoms with Crippen molar-refractivity contribution < 1.29 is 28.7 Å². The van der Waals surface area contributed by atoms with E-state index in [0.717, 1.165) is 11.6 Å². The fourth-order valence-electron chi connectivity index (χ4n) is 2.38. The minimum atomic E-state index is -1.20. The molecule has 1 unspecified atom stereocenters. The normalized spacial score (nSPS) is 11.5. The highest BCUT2D eigenvalue weighted by Gasteiger charge is 2.20. The summed E-state index contributed by atoms with van der Waals surface area (Å²) in [6, 6.07) is 11.1. The van der Waals surface area contributed by atoms with E-state index in [-0.39, 0.29) is 24.5 Å². The number of thioether (sulfide) groups is 1. The van der Waals surface area contributed by atoms with Crippen LogP contribution in [0.25, 0.3) is 0 Å². The number of hydrogen-bond acceptors (Lipinski definition) is 6. The number of benzene rings is 2. The van der Waals surface area contributed by atoms with Gasteiger partial charge in [0.2, 0.25) is 0 Å². The van der Waals surface area contributed by atoms with E-state index in [2.05, 4.69) is 5.32 Å². The number of hydrogen-bond donors (Lipinski definition) is 2. The van der Waals surface area contributed by atoms with Gasteiger partial charge < -0.3 is 15.2 Å². The summed E-state index contributed by atoms with van der Waals surface area (Å²) in [6.45, 7) is 0.0200. The molecule has 0 aliphatic rings. The minimum absolute atomic E-state index is 0.0200. The fraction of sp³-hybridized carbons (Fsp3) is 0.263. The highest BCUT2D eigenvalue weighted by atomic mass is 32.2. The van der Waals surface area contributed by atoms with Crippen molar-refractivity contribution >= 4 is 29.5 Å². The van der Waals surface area contributed by atoms with Crippen molar-refractivity contribution in [2.24, 2.45) is 0 Å². The van der Waals surface area contributed by atoms with Crippen LogP contribution in [0.2, 0.25) is 0 Å². The number of ether oxygens (including phenoxy) is 1. The van der Waals surface area contributed by atoms with Gasteiger partial charge in [-0.15, -0.1) is 0 Å². The van der Waals surface area contributed by atoms with Crippen LogP contribution in [0, 0.1) is 15.9 Å². The molecule has 8 nitrogen and oxygen atoms in total.